The molecule has 0 aliphatic rings. The predicted octanol–water partition coefficient (Wildman–Crippen LogP) is 1.60. The van der Waals surface area contributed by atoms with Crippen molar-refractivity contribution in [1.82, 2.24) is 9.55 Å². The van der Waals surface area contributed by atoms with Crippen LogP contribution in [-0.2, 0) is 0 Å². The summed E-state index contributed by atoms with van der Waals surface area (Å²) in [4.78, 5) is 14.4. The van der Waals surface area contributed by atoms with Crippen LogP contribution in [-0.4, -0.2) is 9.55 Å². The average molecular weight is 195 g/mol. The number of alkyl halides is 2. The molecule has 6 heteroatoms. The zero-order valence-corrected chi connectivity index (χ0v) is 6.85. The van der Waals surface area contributed by atoms with Gasteiger partial charge in [-0.1, -0.05) is 11.6 Å². The van der Waals surface area contributed by atoms with Crippen LogP contribution in [0.25, 0.3) is 0 Å². The van der Waals surface area contributed by atoms with Crippen LogP contribution in [0.5, 0.6) is 0 Å². The highest BCUT2D eigenvalue weighted by Gasteiger charge is 2.11. The van der Waals surface area contributed by atoms with Crippen molar-refractivity contribution >= 4 is 11.6 Å². The normalized spacial score (nSPS) is 10.8. The third kappa shape index (κ3) is 1.61. The van der Waals surface area contributed by atoms with E-state index in [4.69, 9.17) is 11.6 Å². The Morgan fingerprint density at radius 1 is 1.67 bits per heavy atom. The van der Waals surface area contributed by atoms with Gasteiger partial charge in [-0.05, 0) is 6.92 Å². The summed E-state index contributed by atoms with van der Waals surface area (Å²) in [5.74, 6) is -0.0949. The van der Waals surface area contributed by atoms with Gasteiger partial charge in [0.1, 0.15) is 11.0 Å². The van der Waals surface area contributed by atoms with Crippen LogP contribution in [0.4, 0.5) is 8.78 Å². The van der Waals surface area contributed by atoms with Crippen molar-refractivity contribution in [3.8, 4) is 0 Å². The van der Waals surface area contributed by atoms with Gasteiger partial charge < -0.3 is 0 Å². The van der Waals surface area contributed by atoms with Crippen molar-refractivity contribution in [2.24, 2.45) is 0 Å². The van der Waals surface area contributed by atoms with E-state index in [0.29, 0.717) is 0 Å². The second-order valence-corrected chi connectivity index (χ2v) is 2.50. The summed E-state index contributed by atoms with van der Waals surface area (Å²) in [6.45, 7) is -1.58. The van der Waals surface area contributed by atoms with Crippen molar-refractivity contribution < 1.29 is 8.78 Å². The Morgan fingerprint density at radius 3 is 2.67 bits per heavy atom. The highest BCUT2D eigenvalue weighted by molar-refractivity contribution is 6.29. The zero-order valence-electron chi connectivity index (χ0n) is 6.09. The molecule has 0 amide bonds. The number of rotatable bonds is 1. The molecular weight excluding hydrogens is 190 g/mol. The van der Waals surface area contributed by atoms with E-state index in [-0.39, 0.29) is 15.5 Å². The minimum Gasteiger partial charge on any atom is -0.269 e. The van der Waals surface area contributed by atoms with E-state index in [9.17, 15) is 13.6 Å². The van der Waals surface area contributed by atoms with Crippen LogP contribution in [0.15, 0.2) is 10.9 Å². The Kier molecular flexibility index (Phi) is 2.42. The summed E-state index contributed by atoms with van der Waals surface area (Å²) in [5, 5.41) is -0.0746. The third-order valence-electron chi connectivity index (χ3n) is 1.29. The van der Waals surface area contributed by atoms with Crippen molar-refractivity contribution in [3.05, 3.63) is 27.4 Å². The molecule has 0 saturated carbocycles. The van der Waals surface area contributed by atoms with Gasteiger partial charge in [0, 0.05) is 6.07 Å². The molecule has 0 saturated heterocycles. The summed E-state index contributed by atoms with van der Waals surface area (Å²) < 4.78 is 24.5. The lowest BCUT2D eigenvalue weighted by molar-refractivity contribution is 0.0627. The maximum Gasteiger partial charge on any atom is 0.322 e. The number of hydrogen-bond acceptors (Lipinski definition) is 2. The number of halogens is 3. The maximum atomic E-state index is 12.1. The third-order valence-corrected chi connectivity index (χ3v) is 1.49. The van der Waals surface area contributed by atoms with Gasteiger partial charge in [0.15, 0.2) is 0 Å². The molecule has 0 unspecified atom stereocenters. The van der Waals surface area contributed by atoms with Crippen LogP contribution >= 0.6 is 11.6 Å². The highest BCUT2D eigenvalue weighted by Crippen LogP contribution is 2.09. The Bertz CT molecular complexity index is 350. The van der Waals surface area contributed by atoms with Crippen LogP contribution in [0, 0.1) is 6.92 Å². The number of nitrogens with zero attached hydrogens (tertiary/aromatic N) is 2. The predicted molar refractivity (Wildman–Crippen MR) is 39.5 cm³/mol. The first-order chi connectivity index (χ1) is 5.52. The molecule has 0 bridgehead atoms. The lowest BCUT2D eigenvalue weighted by atomic mass is 10.5. The van der Waals surface area contributed by atoms with E-state index in [2.05, 4.69) is 4.98 Å². The molecule has 12 heavy (non-hydrogen) atoms. The lowest BCUT2D eigenvalue weighted by Crippen LogP contribution is -2.23. The molecule has 1 aromatic heterocycles. The summed E-state index contributed by atoms with van der Waals surface area (Å²) in [5.41, 5.74) is -0.845. The summed E-state index contributed by atoms with van der Waals surface area (Å²) in [6, 6.07) is 0.848. The van der Waals surface area contributed by atoms with E-state index >= 15 is 0 Å². The Hall–Kier alpha value is -0.970. The molecule has 3 nitrogen and oxygen atoms in total. The van der Waals surface area contributed by atoms with E-state index in [0.717, 1.165) is 6.07 Å². The number of aryl methyl sites for hydroxylation is 1. The molecule has 0 radical (unpaired) electrons. The van der Waals surface area contributed by atoms with Gasteiger partial charge in [0.05, 0.1) is 0 Å². The van der Waals surface area contributed by atoms with Gasteiger partial charge in [0.2, 0.25) is 0 Å². The summed E-state index contributed by atoms with van der Waals surface area (Å²) in [7, 11) is 0. The molecular formula is C6H5ClF2N2O. The molecule has 0 aliphatic heterocycles. The minimum absolute atomic E-state index is 0.0746. The van der Waals surface area contributed by atoms with Crippen LogP contribution in [0.3, 0.4) is 0 Å². The van der Waals surface area contributed by atoms with Crippen molar-refractivity contribution in [1.29, 1.82) is 0 Å². The van der Waals surface area contributed by atoms with Crippen molar-refractivity contribution in [2.75, 3.05) is 0 Å². The fraction of sp³-hybridized carbons (Fsp3) is 0.333. The van der Waals surface area contributed by atoms with Crippen LogP contribution in [0.1, 0.15) is 12.4 Å². The molecule has 1 heterocycles. The summed E-state index contributed by atoms with van der Waals surface area (Å²) in [6.07, 6.45) is 0. The molecule has 0 aliphatic carbocycles. The smallest absolute Gasteiger partial charge is 0.269 e. The number of aromatic nitrogens is 2. The van der Waals surface area contributed by atoms with Gasteiger partial charge >= 0.3 is 6.55 Å². The maximum absolute atomic E-state index is 12.1. The number of hydrogen-bond donors (Lipinski definition) is 0. The highest BCUT2D eigenvalue weighted by atomic mass is 35.5. The van der Waals surface area contributed by atoms with E-state index in [1.54, 1.807) is 0 Å². The SMILES string of the molecule is Cc1nc(Cl)cc(=O)n1C(F)F. The molecule has 1 aromatic rings. The fourth-order valence-corrected chi connectivity index (χ4v) is 1.02. The second-order valence-electron chi connectivity index (χ2n) is 2.11. The van der Waals surface area contributed by atoms with Crippen LogP contribution in [0.2, 0.25) is 5.15 Å². The topological polar surface area (TPSA) is 34.9 Å². The molecule has 66 valence electrons. The Labute approximate surface area is 71.6 Å². The second kappa shape index (κ2) is 3.18. The lowest BCUT2D eigenvalue weighted by Gasteiger charge is -2.06. The first kappa shape index (κ1) is 9.12. The zero-order chi connectivity index (χ0) is 9.30. The Morgan fingerprint density at radius 2 is 2.25 bits per heavy atom. The van der Waals surface area contributed by atoms with Gasteiger partial charge in [0.25, 0.3) is 5.56 Å². The van der Waals surface area contributed by atoms with Crippen molar-refractivity contribution in [2.45, 2.75) is 13.5 Å². The molecule has 0 N–H and O–H groups in total. The van der Waals surface area contributed by atoms with Gasteiger partial charge in [-0.2, -0.15) is 8.78 Å². The van der Waals surface area contributed by atoms with Gasteiger partial charge in [-0.25, -0.2) is 9.55 Å². The minimum atomic E-state index is -2.87. The van der Waals surface area contributed by atoms with E-state index < -0.39 is 12.1 Å². The largest absolute Gasteiger partial charge is 0.322 e. The first-order valence-corrected chi connectivity index (χ1v) is 3.44. The average Bonchev–Trinajstić information content (AvgIpc) is 1.82. The monoisotopic (exact) mass is 194 g/mol. The summed E-state index contributed by atoms with van der Waals surface area (Å²) >= 11 is 5.36. The fourth-order valence-electron chi connectivity index (χ4n) is 0.809. The molecule has 0 atom stereocenters. The van der Waals surface area contributed by atoms with Gasteiger partial charge in [-0.3, -0.25) is 4.79 Å². The molecule has 0 aromatic carbocycles. The van der Waals surface area contributed by atoms with Gasteiger partial charge in [-0.15, -0.1) is 0 Å². The molecule has 0 spiro atoms. The van der Waals surface area contributed by atoms with Crippen LogP contribution < -0.4 is 5.56 Å². The quantitative estimate of drug-likeness (QED) is 0.637. The molecule has 1 rings (SSSR count). The molecule has 0 fully saturated rings. The van der Waals surface area contributed by atoms with E-state index in [1.807, 2.05) is 0 Å². The van der Waals surface area contributed by atoms with Crippen molar-refractivity contribution in [3.63, 3.8) is 0 Å². The Balaban J connectivity index is 3.39. The standard InChI is InChI=1S/C6H5ClF2N2O/c1-3-10-4(7)2-5(12)11(3)6(8)9/h2,6H,1H3. The first-order valence-electron chi connectivity index (χ1n) is 3.06. The van der Waals surface area contributed by atoms with E-state index in [1.165, 1.54) is 6.92 Å².